The summed E-state index contributed by atoms with van der Waals surface area (Å²) in [6, 6.07) is 22.6. The van der Waals surface area contributed by atoms with Crippen LogP contribution in [0.3, 0.4) is 0 Å². The number of hydrogen-bond acceptors (Lipinski definition) is 4. The molecule has 0 radical (unpaired) electrons. The maximum Gasteiger partial charge on any atom is 0.266 e. The van der Waals surface area contributed by atoms with E-state index in [2.05, 4.69) is 21.2 Å². The van der Waals surface area contributed by atoms with Crippen molar-refractivity contribution in [3.8, 4) is 17.6 Å². The molecule has 1 amide bonds. The molecule has 31 heavy (non-hydrogen) atoms. The fourth-order valence-electron chi connectivity index (χ4n) is 2.84. The maximum absolute atomic E-state index is 12.5. The predicted molar refractivity (Wildman–Crippen MR) is 125 cm³/mol. The molecule has 3 aromatic carbocycles. The van der Waals surface area contributed by atoms with Gasteiger partial charge in [0.25, 0.3) is 5.91 Å². The highest BCUT2D eigenvalue weighted by Gasteiger charge is 2.14. The molecule has 0 aliphatic carbocycles. The highest BCUT2D eigenvalue weighted by atomic mass is 79.9. The van der Waals surface area contributed by atoms with Gasteiger partial charge in [-0.15, -0.1) is 0 Å². The Morgan fingerprint density at radius 1 is 1.13 bits per heavy atom. The van der Waals surface area contributed by atoms with Gasteiger partial charge in [-0.1, -0.05) is 48.0 Å². The third-order valence-corrected chi connectivity index (χ3v) is 5.05. The normalized spacial score (nSPS) is 10.8. The van der Waals surface area contributed by atoms with Gasteiger partial charge in [0.1, 0.15) is 18.2 Å². The van der Waals surface area contributed by atoms with Gasteiger partial charge in [-0.3, -0.25) is 4.79 Å². The minimum atomic E-state index is -0.481. The standard InChI is InChI=1S/C25H21BrN2O3/c1-17-8-10-21(11-9-17)28-25(29)20(15-27)12-19-13-22(26)24(23(14-19)30-2)31-16-18-6-4-3-5-7-18/h3-14H,16H2,1-2H3,(H,28,29)/b20-12-. The molecule has 0 aliphatic rings. The van der Waals surface area contributed by atoms with E-state index in [9.17, 15) is 10.1 Å². The fraction of sp³-hybridized carbons (Fsp3) is 0.120. The first-order valence-corrected chi connectivity index (χ1v) is 10.3. The summed E-state index contributed by atoms with van der Waals surface area (Å²) in [7, 11) is 1.54. The number of hydrogen-bond donors (Lipinski definition) is 1. The summed E-state index contributed by atoms with van der Waals surface area (Å²) < 4.78 is 12.1. The molecule has 0 spiro atoms. The summed E-state index contributed by atoms with van der Waals surface area (Å²) in [5.74, 6) is 0.560. The van der Waals surface area contributed by atoms with Gasteiger partial charge in [0.05, 0.1) is 11.6 Å². The lowest BCUT2D eigenvalue weighted by Crippen LogP contribution is -2.13. The van der Waals surface area contributed by atoms with Crippen molar-refractivity contribution in [1.29, 1.82) is 5.26 Å². The van der Waals surface area contributed by atoms with Crippen molar-refractivity contribution >= 4 is 33.6 Å². The summed E-state index contributed by atoms with van der Waals surface area (Å²) in [6.07, 6.45) is 1.51. The summed E-state index contributed by atoms with van der Waals surface area (Å²) in [6.45, 7) is 2.35. The summed E-state index contributed by atoms with van der Waals surface area (Å²) in [5, 5.41) is 12.2. The number of carbonyl (C=O) groups excluding carboxylic acids is 1. The number of benzene rings is 3. The Balaban J connectivity index is 1.81. The van der Waals surface area contributed by atoms with Crippen LogP contribution in [0.5, 0.6) is 11.5 Å². The van der Waals surface area contributed by atoms with E-state index in [4.69, 9.17) is 9.47 Å². The Hall–Kier alpha value is -3.56. The third kappa shape index (κ3) is 5.97. The van der Waals surface area contributed by atoms with Crippen molar-refractivity contribution in [2.75, 3.05) is 12.4 Å². The van der Waals surface area contributed by atoms with E-state index in [1.165, 1.54) is 6.08 Å². The van der Waals surface area contributed by atoms with E-state index in [1.54, 1.807) is 31.4 Å². The second kappa shape index (κ2) is 10.5. The molecule has 3 rings (SSSR count). The van der Waals surface area contributed by atoms with Crippen molar-refractivity contribution in [1.82, 2.24) is 0 Å². The number of nitrogens with zero attached hydrogens (tertiary/aromatic N) is 1. The van der Waals surface area contributed by atoms with Gasteiger partial charge < -0.3 is 14.8 Å². The number of aryl methyl sites for hydroxylation is 1. The van der Waals surface area contributed by atoms with Crippen molar-refractivity contribution in [3.05, 3.63) is 93.5 Å². The second-order valence-electron chi connectivity index (χ2n) is 6.80. The molecule has 0 saturated carbocycles. The lowest BCUT2D eigenvalue weighted by Gasteiger charge is -2.14. The number of anilines is 1. The van der Waals surface area contributed by atoms with Crippen LogP contribution in [0.4, 0.5) is 5.69 Å². The van der Waals surface area contributed by atoms with Crippen molar-refractivity contribution in [3.63, 3.8) is 0 Å². The maximum atomic E-state index is 12.5. The monoisotopic (exact) mass is 476 g/mol. The smallest absolute Gasteiger partial charge is 0.266 e. The van der Waals surface area contributed by atoms with E-state index in [1.807, 2.05) is 55.5 Å². The molecule has 156 valence electrons. The van der Waals surface area contributed by atoms with Crippen LogP contribution in [0.25, 0.3) is 6.08 Å². The molecule has 5 nitrogen and oxygen atoms in total. The Kier molecular flexibility index (Phi) is 7.47. The van der Waals surface area contributed by atoms with Gasteiger partial charge >= 0.3 is 0 Å². The zero-order chi connectivity index (χ0) is 22.2. The van der Waals surface area contributed by atoms with Crippen molar-refractivity contribution in [2.24, 2.45) is 0 Å². The Bertz CT molecular complexity index is 1130. The van der Waals surface area contributed by atoms with Crippen LogP contribution in [0.1, 0.15) is 16.7 Å². The number of nitrogens with one attached hydrogen (secondary N) is 1. The number of amides is 1. The molecule has 0 fully saturated rings. The highest BCUT2D eigenvalue weighted by Crippen LogP contribution is 2.37. The molecule has 0 heterocycles. The number of carbonyl (C=O) groups is 1. The van der Waals surface area contributed by atoms with E-state index in [0.29, 0.717) is 33.8 Å². The van der Waals surface area contributed by atoms with E-state index >= 15 is 0 Å². The lowest BCUT2D eigenvalue weighted by molar-refractivity contribution is -0.112. The number of halogens is 1. The SMILES string of the molecule is COc1cc(/C=C(/C#N)C(=O)Nc2ccc(C)cc2)cc(Br)c1OCc1ccccc1. The zero-order valence-electron chi connectivity index (χ0n) is 17.2. The first-order chi connectivity index (χ1) is 15.0. The van der Waals surface area contributed by atoms with Gasteiger partial charge in [0.2, 0.25) is 0 Å². The summed E-state index contributed by atoms with van der Waals surface area (Å²) in [4.78, 5) is 12.5. The molecular weight excluding hydrogens is 456 g/mol. The third-order valence-electron chi connectivity index (χ3n) is 4.46. The molecule has 1 N–H and O–H groups in total. The quantitative estimate of drug-likeness (QED) is 0.340. The molecular formula is C25H21BrN2O3. The molecule has 0 aliphatic heterocycles. The summed E-state index contributed by atoms with van der Waals surface area (Å²) in [5.41, 5.74) is 3.35. The minimum Gasteiger partial charge on any atom is -0.493 e. The van der Waals surface area contributed by atoms with Gasteiger partial charge in [-0.05, 0) is 64.3 Å². The minimum absolute atomic E-state index is 0.0209. The fourth-order valence-corrected chi connectivity index (χ4v) is 3.42. The molecule has 0 saturated heterocycles. The van der Waals surface area contributed by atoms with E-state index in [0.717, 1.165) is 11.1 Å². The zero-order valence-corrected chi connectivity index (χ0v) is 18.8. The molecule has 0 unspecified atom stereocenters. The molecule has 0 bridgehead atoms. The number of ether oxygens (including phenoxy) is 2. The lowest BCUT2D eigenvalue weighted by atomic mass is 10.1. The molecule has 6 heteroatoms. The first kappa shape index (κ1) is 22.1. The predicted octanol–water partition coefficient (Wildman–Crippen LogP) is 5.89. The molecule has 3 aromatic rings. The van der Waals surface area contributed by atoms with Crippen molar-refractivity contribution < 1.29 is 14.3 Å². The van der Waals surface area contributed by atoms with Gasteiger partial charge in [0, 0.05) is 5.69 Å². The number of nitriles is 1. The van der Waals surface area contributed by atoms with Crippen LogP contribution < -0.4 is 14.8 Å². The van der Waals surface area contributed by atoms with Gasteiger partial charge in [0.15, 0.2) is 11.5 Å². The Morgan fingerprint density at radius 2 is 1.84 bits per heavy atom. The van der Waals surface area contributed by atoms with Crippen LogP contribution >= 0.6 is 15.9 Å². The first-order valence-electron chi connectivity index (χ1n) is 9.54. The van der Waals surface area contributed by atoms with Crippen LogP contribution in [0.15, 0.2) is 76.8 Å². The summed E-state index contributed by atoms with van der Waals surface area (Å²) >= 11 is 3.50. The van der Waals surface area contributed by atoms with E-state index in [-0.39, 0.29) is 5.57 Å². The second-order valence-corrected chi connectivity index (χ2v) is 7.65. The van der Waals surface area contributed by atoms with Gasteiger partial charge in [-0.2, -0.15) is 5.26 Å². The number of rotatable bonds is 7. The van der Waals surface area contributed by atoms with Crippen LogP contribution in [0.2, 0.25) is 0 Å². The average molecular weight is 477 g/mol. The molecule has 0 aromatic heterocycles. The highest BCUT2D eigenvalue weighted by molar-refractivity contribution is 9.10. The number of methoxy groups -OCH3 is 1. The largest absolute Gasteiger partial charge is 0.493 e. The Morgan fingerprint density at radius 3 is 2.48 bits per heavy atom. The van der Waals surface area contributed by atoms with Gasteiger partial charge in [-0.25, -0.2) is 0 Å². The Labute approximate surface area is 190 Å². The van der Waals surface area contributed by atoms with Crippen LogP contribution in [-0.2, 0) is 11.4 Å². The van der Waals surface area contributed by atoms with Crippen molar-refractivity contribution in [2.45, 2.75) is 13.5 Å². The van der Waals surface area contributed by atoms with Crippen LogP contribution in [0, 0.1) is 18.3 Å². The topological polar surface area (TPSA) is 71.3 Å². The van der Waals surface area contributed by atoms with E-state index < -0.39 is 5.91 Å². The average Bonchev–Trinajstić information content (AvgIpc) is 2.78. The molecule has 0 atom stereocenters. The van der Waals surface area contributed by atoms with Crippen LogP contribution in [-0.4, -0.2) is 13.0 Å².